The molecular weight excluding hydrogens is 126 g/mol. The van der Waals surface area contributed by atoms with Crippen LogP contribution < -0.4 is 5.32 Å². The van der Waals surface area contributed by atoms with E-state index in [1.54, 1.807) is 0 Å². The van der Waals surface area contributed by atoms with Crippen LogP contribution >= 0.6 is 0 Å². The first-order valence-electron chi connectivity index (χ1n) is 3.57. The van der Waals surface area contributed by atoms with Gasteiger partial charge in [0.05, 0.1) is 6.07 Å². The van der Waals surface area contributed by atoms with Gasteiger partial charge in [0.25, 0.3) is 0 Å². The molecule has 1 N–H and O–H groups in total. The van der Waals surface area contributed by atoms with E-state index in [1.165, 1.54) is 0 Å². The van der Waals surface area contributed by atoms with Crippen molar-refractivity contribution < 1.29 is 0 Å². The van der Waals surface area contributed by atoms with E-state index in [9.17, 15) is 0 Å². The Hall–Kier alpha value is -0.590. The molecule has 10 heavy (non-hydrogen) atoms. The summed E-state index contributed by atoms with van der Waals surface area (Å²) in [6, 6.07) is 2.83. The van der Waals surface area contributed by atoms with Gasteiger partial charge in [0, 0.05) is 19.1 Å². The van der Waals surface area contributed by atoms with E-state index >= 15 is 0 Å². The van der Waals surface area contributed by atoms with Gasteiger partial charge < -0.3 is 5.32 Å². The maximum Gasteiger partial charge on any atom is 0.110 e. The van der Waals surface area contributed by atoms with Gasteiger partial charge in [0.1, 0.15) is 6.04 Å². The normalized spacial score (nSPS) is 35.3. The lowest BCUT2D eigenvalue weighted by Gasteiger charge is -2.32. The van der Waals surface area contributed by atoms with Crippen LogP contribution in [0.2, 0.25) is 0 Å². The summed E-state index contributed by atoms with van der Waals surface area (Å²) in [5.41, 5.74) is 0. The zero-order valence-corrected chi connectivity index (χ0v) is 6.46. The third-order valence-corrected chi connectivity index (χ3v) is 1.90. The van der Waals surface area contributed by atoms with Gasteiger partial charge in [-0.1, -0.05) is 0 Å². The van der Waals surface area contributed by atoms with Crippen molar-refractivity contribution in [3.63, 3.8) is 0 Å². The van der Waals surface area contributed by atoms with E-state index in [2.05, 4.69) is 23.2 Å². The number of nitrogens with zero attached hydrogens (tertiary/aromatic N) is 2. The molecule has 1 rings (SSSR count). The highest BCUT2D eigenvalue weighted by Crippen LogP contribution is 2.01. The SMILES string of the molecule is C[C@@H]1CN(C)C(C#N)CN1. The largest absolute Gasteiger partial charge is 0.310 e. The van der Waals surface area contributed by atoms with Crippen molar-refractivity contribution >= 4 is 0 Å². The quantitative estimate of drug-likeness (QED) is 0.505. The molecule has 1 unspecified atom stereocenters. The van der Waals surface area contributed by atoms with Crippen molar-refractivity contribution in [2.24, 2.45) is 0 Å². The molecule has 0 aromatic carbocycles. The first-order valence-corrected chi connectivity index (χ1v) is 3.57. The molecule has 0 amide bonds. The predicted octanol–water partition coefficient (Wildman–Crippen LogP) is -0.198. The van der Waals surface area contributed by atoms with Gasteiger partial charge in [-0.25, -0.2) is 0 Å². The van der Waals surface area contributed by atoms with E-state index in [-0.39, 0.29) is 6.04 Å². The second kappa shape index (κ2) is 3.00. The van der Waals surface area contributed by atoms with Gasteiger partial charge in [0.2, 0.25) is 0 Å². The Labute approximate surface area is 61.6 Å². The third kappa shape index (κ3) is 1.47. The highest BCUT2D eigenvalue weighted by molar-refractivity contribution is 4.96. The van der Waals surface area contributed by atoms with Crippen LogP contribution in [-0.2, 0) is 0 Å². The van der Waals surface area contributed by atoms with Crippen molar-refractivity contribution in [3.8, 4) is 6.07 Å². The molecular formula is C7H13N3. The molecule has 3 nitrogen and oxygen atoms in total. The first-order chi connectivity index (χ1) is 4.74. The van der Waals surface area contributed by atoms with Crippen LogP contribution in [0.5, 0.6) is 0 Å². The molecule has 0 aromatic rings. The van der Waals surface area contributed by atoms with Crippen molar-refractivity contribution in [2.45, 2.75) is 19.0 Å². The van der Waals surface area contributed by atoms with Crippen LogP contribution in [0.15, 0.2) is 0 Å². The average molecular weight is 139 g/mol. The summed E-state index contributed by atoms with van der Waals surface area (Å²) >= 11 is 0. The number of piperazine rings is 1. The fraction of sp³-hybridized carbons (Fsp3) is 0.857. The van der Waals surface area contributed by atoms with Crippen molar-refractivity contribution in [3.05, 3.63) is 0 Å². The second-order valence-corrected chi connectivity index (χ2v) is 2.89. The van der Waals surface area contributed by atoms with Gasteiger partial charge in [-0.3, -0.25) is 4.90 Å². The number of likely N-dealkylation sites (N-methyl/N-ethyl adjacent to an activating group) is 1. The standard InChI is InChI=1S/C7H13N3/c1-6-5-10(2)7(3-8)4-9-6/h6-7,9H,4-5H2,1-2H3/t6-,7?/m1/s1. The molecule has 2 atom stereocenters. The van der Waals surface area contributed by atoms with Crippen molar-refractivity contribution in [1.29, 1.82) is 5.26 Å². The van der Waals surface area contributed by atoms with Gasteiger partial charge >= 0.3 is 0 Å². The topological polar surface area (TPSA) is 39.1 Å². The molecule has 1 aliphatic heterocycles. The molecule has 0 aromatic heterocycles. The number of hydrogen-bond donors (Lipinski definition) is 1. The Morgan fingerprint density at radius 1 is 1.70 bits per heavy atom. The van der Waals surface area contributed by atoms with E-state index in [4.69, 9.17) is 5.26 Å². The monoisotopic (exact) mass is 139 g/mol. The zero-order valence-electron chi connectivity index (χ0n) is 6.46. The highest BCUT2D eigenvalue weighted by atomic mass is 15.2. The molecule has 0 saturated carbocycles. The lowest BCUT2D eigenvalue weighted by Crippen LogP contribution is -2.53. The van der Waals surface area contributed by atoms with E-state index in [1.807, 2.05) is 7.05 Å². The Morgan fingerprint density at radius 2 is 2.40 bits per heavy atom. The molecule has 1 fully saturated rings. The summed E-state index contributed by atoms with van der Waals surface area (Å²) < 4.78 is 0. The highest BCUT2D eigenvalue weighted by Gasteiger charge is 2.21. The maximum absolute atomic E-state index is 8.62. The van der Waals surface area contributed by atoms with Crippen LogP contribution in [0.1, 0.15) is 6.92 Å². The molecule has 56 valence electrons. The number of hydrogen-bond acceptors (Lipinski definition) is 3. The minimum absolute atomic E-state index is 0.0659. The Kier molecular flexibility index (Phi) is 2.25. The molecule has 0 radical (unpaired) electrons. The summed E-state index contributed by atoms with van der Waals surface area (Å²) in [7, 11) is 1.99. The molecule has 3 heteroatoms. The van der Waals surface area contributed by atoms with E-state index < -0.39 is 0 Å². The van der Waals surface area contributed by atoms with Gasteiger partial charge in [-0.05, 0) is 14.0 Å². The van der Waals surface area contributed by atoms with Crippen LogP contribution in [-0.4, -0.2) is 37.1 Å². The molecule has 0 bridgehead atoms. The Balaban J connectivity index is 2.45. The minimum Gasteiger partial charge on any atom is -0.310 e. The van der Waals surface area contributed by atoms with E-state index in [0.717, 1.165) is 13.1 Å². The minimum atomic E-state index is 0.0659. The lowest BCUT2D eigenvalue weighted by atomic mass is 10.1. The maximum atomic E-state index is 8.62. The summed E-state index contributed by atoms with van der Waals surface area (Å²) in [6.45, 7) is 3.90. The zero-order chi connectivity index (χ0) is 7.56. The van der Waals surface area contributed by atoms with Crippen LogP contribution in [0, 0.1) is 11.3 Å². The number of nitriles is 1. The Morgan fingerprint density at radius 3 is 2.90 bits per heavy atom. The smallest absolute Gasteiger partial charge is 0.110 e. The lowest BCUT2D eigenvalue weighted by molar-refractivity contribution is 0.206. The predicted molar refractivity (Wildman–Crippen MR) is 39.5 cm³/mol. The van der Waals surface area contributed by atoms with Crippen molar-refractivity contribution in [1.82, 2.24) is 10.2 Å². The van der Waals surface area contributed by atoms with Gasteiger partial charge in [-0.15, -0.1) is 0 Å². The summed E-state index contributed by atoms with van der Waals surface area (Å²) in [5, 5.41) is 11.9. The molecule has 1 aliphatic rings. The van der Waals surface area contributed by atoms with Gasteiger partial charge in [-0.2, -0.15) is 5.26 Å². The fourth-order valence-corrected chi connectivity index (χ4v) is 1.24. The molecule has 1 heterocycles. The third-order valence-electron chi connectivity index (χ3n) is 1.90. The summed E-state index contributed by atoms with van der Waals surface area (Å²) in [4.78, 5) is 2.08. The average Bonchev–Trinajstić information content (AvgIpc) is 1.88. The van der Waals surface area contributed by atoms with E-state index in [0.29, 0.717) is 6.04 Å². The summed E-state index contributed by atoms with van der Waals surface area (Å²) in [5.74, 6) is 0. The number of nitrogens with one attached hydrogen (secondary N) is 1. The fourth-order valence-electron chi connectivity index (χ4n) is 1.24. The second-order valence-electron chi connectivity index (χ2n) is 2.89. The molecule has 1 saturated heterocycles. The van der Waals surface area contributed by atoms with Crippen molar-refractivity contribution in [2.75, 3.05) is 20.1 Å². The Bertz CT molecular complexity index is 149. The first kappa shape index (κ1) is 7.52. The number of rotatable bonds is 0. The van der Waals surface area contributed by atoms with Crippen LogP contribution in [0.3, 0.4) is 0 Å². The van der Waals surface area contributed by atoms with Crippen LogP contribution in [0.25, 0.3) is 0 Å². The summed E-state index contributed by atoms with van der Waals surface area (Å²) in [6.07, 6.45) is 0. The van der Waals surface area contributed by atoms with Crippen LogP contribution in [0.4, 0.5) is 0 Å². The molecule has 0 aliphatic carbocycles. The molecule has 0 spiro atoms. The van der Waals surface area contributed by atoms with Gasteiger partial charge in [0.15, 0.2) is 0 Å².